The van der Waals surface area contributed by atoms with Crippen LogP contribution in [-0.2, 0) is 5.41 Å². The molecule has 0 unspecified atom stereocenters. The van der Waals surface area contributed by atoms with Gasteiger partial charge in [0.15, 0.2) is 0 Å². The molecule has 0 aliphatic carbocycles. The minimum absolute atomic E-state index is 0.0132. The first-order chi connectivity index (χ1) is 11.3. The van der Waals surface area contributed by atoms with Crippen LogP contribution in [0, 0.1) is 0 Å². The largest absolute Gasteiger partial charge is 0.354 e. The van der Waals surface area contributed by atoms with Crippen LogP contribution in [0.5, 0.6) is 0 Å². The van der Waals surface area contributed by atoms with E-state index in [1.54, 1.807) is 17.3 Å². The van der Waals surface area contributed by atoms with E-state index in [1.807, 2.05) is 19.9 Å². The lowest BCUT2D eigenvalue weighted by Gasteiger charge is -2.20. The van der Waals surface area contributed by atoms with Crippen LogP contribution in [0.15, 0.2) is 42.7 Å². The van der Waals surface area contributed by atoms with E-state index in [2.05, 4.69) is 55.3 Å². The summed E-state index contributed by atoms with van der Waals surface area (Å²) in [6.45, 7) is 11.9. The minimum Gasteiger partial charge on any atom is -0.354 e. The molecule has 24 heavy (non-hydrogen) atoms. The van der Waals surface area contributed by atoms with Crippen LogP contribution >= 0.6 is 0 Å². The zero-order chi connectivity index (χ0) is 17.7. The van der Waals surface area contributed by atoms with Crippen LogP contribution < -0.4 is 5.32 Å². The van der Waals surface area contributed by atoms with Gasteiger partial charge < -0.3 is 10.2 Å². The Morgan fingerprint density at radius 1 is 1.04 bits per heavy atom. The highest BCUT2D eigenvalue weighted by atomic mass is 16.2. The van der Waals surface area contributed by atoms with Gasteiger partial charge in [-0.3, -0.25) is 9.78 Å². The summed E-state index contributed by atoms with van der Waals surface area (Å²) in [4.78, 5) is 18.4. The Balaban J connectivity index is 2.16. The van der Waals surface area contributed by atoms with Crippen molar-refractivity contribution in [3.8, 4) is 0 Å². The van der Waals surface area contributed by atoms with Gasteiger partial charge in [0.2, 0.25) is 0 Å². The highest BCUT2D eigenvalue weighted by Gasteiger charge is 2.14. The molecular formula is C20H27N3O. The van der Waals surface area contributed by atoms with Crippen LogP contribution in [-0.4, -0.2) is 28.9 Å². The molecule has 128 valence electrons. The van der Waals surface area contributed by atoms with Gasteiger partial charge in [-0.25, -0.2) is 0 Å². The van der Waals surface area contributed by atoms with Crippen LogP contribution in [0.25, 0.3) is 0 Å². The number of benzene rings is 1. The second kappa shape index (κ2) is 7.47. The van der Waals surface area contributed by atoms with Gasteiger partial charge in [0.05, 0.1) is 17.4 Å². The molecule has 0 atom stereocenters. The maximum atomic E-state index is 12.4. The van der Waals surface area contributed by atoms with Crippen molar-refractivity contribution in [2.45, 2.75) is 40.0 Å². The lowest BCUT2D eigenvalue weighted by Crippen LogP contribution is -2.30. The smallest absolute Gasteiger partial charge is 0.255 e. The van der Waals surface area contributed by atoms with Gasteiger partial charge in [-0.15, -0.1) is 0 Å². The lowest BCUT2D eigenvalue weighted by molar-refractivity contribution is 0.0772. The number of amides is 1. The molecule has 1 amide bonds. The third-order valence-corrected chi connectivity index (χ3v) is 4.08. The van der Waals surface area contributed by atoms with Gasteiger partial charge in [-0.05, 0) is 43.0 Å². The minimum atomic E-state index is 0.0132. The molecule has 1 N–H and O–H groups in total. The summed E-state index contributed by atoms with van der Waals surface area (Å²) in [5, 5.41) is 3.32. The number of rotatable bonds is 5. The van der Waals surface area contributed by atoms with E-state index in [0.717, 1.165) is 11.4 Å². The summed E-state index contributed by atoms with van der Waals surface area (Å²) in [6.07, 6.45) is 3.35. The molecule has 0 saturated carbocycles. The third-order valence-electron chi connectivity index (χ3n) is 4.08. The number of anilines is 2. The van der Waals surface area contributed by atoms with E-state index in [0.29, 0.717) is 18.7 Å². The number of hydrogen-bond donors (Lipinski definition) is 1. The Labute approximate surface area is 144 Å². The van der Waals surface area contributed by atoms with Gasteiger partial charge in [0.1, 0.15) is 0 Å². The van der Waals surface area contributed by atoms with Crippen LogP contribution in [0.2, 0.25) is 0 Å². The second-order valence-electron chi connectivity index (χ2n) is 6.89. The first-order valence-electron chi connectivity index (χ1n) is 8.47. The van der Waals surface area contributed by atoms with Crippen molar-refractivity contribution in [1.82, 2.24) is 9.88 Å². The summed E-state index contributed by atoms with van der Waals surface area (Å²) in [5.74, 6) is 0.0132. The maximum absolute atomic E-state index is 12.4. The number of hydrogen-bond acceptors (Lipinski definition) is 3. The van der Waals surface area contributed by atoms with E-state index in [9.17, 15) is 4.79 Å². The first-order valence-corrected chi connectivity index (χ1v) is 8.47. The summed E-state index contributed by atoms with van der Waals surface area (Å²) in [6, 6.07) is 10.2. The summed E-state index contributed by atoms with van der Waals surface area (Å²) < 4.78 is 0. The van der Waals surface area contributed by atoms with Crippen molar-refractivity contribution in [2.24, 2.45) is 0 Å². The molecule has 0 aliphatic heterocycles. The van der Waals surface area contributed by atoms with Crippen molar-refractivity contribution < 1.29 is 4.79 Å². The molecule has 2 rings (SSSR count). The van der Waals surface area contributed by atoms with Gasteiger partial charge >= 0.3 is 0 Å². The highest BCUT2D eigenvalue weighted by molar-refractivity contribution is 5.94. The number of carbonyl (C=O) groups excluding carboxylic acids is 1. The summed E-state index contributed by atoms with van der Waals surface area (Å²) in [7, 11) is 0. The fraction of sp³-hybridized carbons (Fsp3) is 0.400. The highest BCUT2D eigenvalue weighted by Crippen LogP contribution is 2.25. The molecule has 0 saturated heterocycles. The fourth-order valence-electron chi connectivity index (χ4n) is 2.54. The molecule has 1 aromatic carbocycles. The molecule has 1 aromatic heterocycles. The molecule has 2 aromatic rings. The van der Waals surface area contributed by atoms with Gasteiger partial charge in [0.25, 0.3) is 5.91 Å². The fourth-order valence-corrected chi connectivity index (χ4v) is 2.54. The van der Waals surface area contributed by atoms with E-state index < -0.39 is 0 Å². The number of pyridine rings is 1. The monoisotopic (exact) mass is 325 g/mol. The molecule has 4 heteroatoms. The summed E-state index contributed by atoms with van der Waals surface area (Å²) in [5.41, 5.74) is 3.83. The molecule has 4 nitrogen and oxygen atoms in total. The molecule has 0 bridgehead atoms. The average Bonchev–Trinajstić information content (AvgIpc) is 2.56. The van der Waals surface area contributed by atoms with Gasteiger partial charge in [-0.2, -0.15) is 0 Å². The average molecular weight is 325 g/mol. The molecule has 0 fully saturated rings. The normalized spacial score (nSPS) is 11.2. The molecular weight excluding hydrogens is 298 g/mol. The molecule has 0 aliphatic rings. The van der Waals surface area contributed by atoms with E-state index in [-0.39, 0.29) is 11.3 Å². The number of carbonyl (C=O) groups is 1. The first kappa shape index (κ1) is 18.0. The van der Waals surface area contributed by atoms with E-state index in [1.165, 1.54) is 5.56 Å². The topological polar surface area (TPSA) is 45.2 Å². The quantitative estimate of drug-likeness (QED) is 0.873. The number of nitrogens with zero attached hydrogens (tertiary/aromatic N) is 2. The predicted octanol–water partition coefficient (Wildman–Crippen LogP) is 4.60. The van der Waals surface area contributed by atoms with E-state index in [4.69, 9.17) is 0 Å². The van der Waals surface area contributed by atoms with Crippen LogP contribution in [0.4, 0.5) is 11.4 Å². The Morgan fingerprint density at radius 3 is 2.21 bits per heavy atom. The lowest BCUT2D eigenvalue weighted by atomic mass is 9.87. The molecule has 0 spiro atoms. The van der Waals surface area contributed by atoms with Gasteiger partial charge in [-0.1, -0.05) is 32.9 Å². The third kappa shape index (κ3) is 4.34. The van der Waals surface area contributed by atoms with Gasteiger partial charge in [0, 0.05) is 25.0 Å². The van der Waals surface area contributed by atoms with Crippen molar-refractivity contribution >= 4 is 17.3 Å². The predicted molar refractivity (Wildman–Crippen MR) is 99.9 cm³/mol. The Morgan fingerprint density at radius 2 is 1.67 bits per heavy atom. The SMILES string of the molecule is CCN(CC)C(=O)c1cncc(Nc2ccc(C(C)(C)C)cc2)c1. The number of nitrogens with one attached hydrogen (secondary N) is 1. The zero-order valence-corrected chi connectivity index (χ0v) is 15.3. The Bertz CT molecular complexity index is 683. The zero-order valence-electron chi connectivity index (χ0n) is 15.3. The van der Waals surface area contributed by atoms with E-state index >= 15 is 0 Å². The van der Waals surface area contributed by atoms with Crippen LogP contribution in [0.1, 0.15) is 50.5 Å². The maximum Gasteiger partial charge on any atom is 0.255 e. The van der Waals surface area contributed by atoms with Crippen LogP contribution in [0.3, 0.4) is 0 Å². The summed E-state index contributed by atoms with van der Waals surface area (Å²) >= 11 is 0. The van der Waals surface area contributed by atoms with Crippen molar-refractivity contribution in [1.29, 1.82) is 0 Å². The Hall–Kier alpha value is -2.36. The molecule has 1 heterocycles. The Kier molecular flexibility index (Phi) is 5.60. The molecule has 0 radical (unpaired) electrons. The number of aromatic nitrogens is 1. The van der Waals surface area contributed by atoms with Crippen molar-refractivity contribution in [2.75, 3.05) is 18.4 Å². The second-order valence-corrected chi connectivity index (χ2v) is 6.89. The van der Waals surface area contributed by atoms with Crippen molar-refractivity contribution in [3.05, 3.63) is 53.9 Å². The van der Waals surface area contributed by atoms with Crippen molar-refractivity contribution in [3.63, 3.8) is 0 Å². The standard InChI is InChI=1S/C20H27N3O/c1-6-23(7-2)19(24)15-12-18(14-21-13-15)22-17-10-8-16(9-11-17)20(3,4)5/h8-14,22H,6-7H2,1-5H3.